The maximum atomic E-state index is 10.1. The second-order valence-corrected chi connectivity index (χ2v) is 9.87. The summed E-state index contributed by atoms with van der Waals surface area (Å²) in [5.41, 5.74) is 0.840. The van der Waals surface area contributed by atoms with E-state index in [4.69, 9.17) is 0 Å². The van der Waals surface area contributed by atoms with E-state index in [1.54, 1.807) is 0 Å². The van der Waals surface area contributed by atoms with Crippen molar-refractivity contribution in [1.29, 1.82) is 0 Å². The van der Waals surface area contributed by atoms with Gasteiger partial charge in [-0.25, -0.2) is 0 Å². The van der Waals surface area contributed by atoms with Gasteiger partial charge in [0.2, 0.25) is 0 Å². The largest absolute Gasteiger partial charge is 0.396 e. The quantitative estimate of drug-likeness (QED) is 0.726. The topological polar surface area (TPSA) is 20.2 Å². The molecular formula is C17H36O. The zero-order valence-electron chi connectivity index (χ0n) is 14.3. The van der Waals surface area contributed by atoms with E-state index in [1.165, 1.54) is 0 Å². The van der Waals surface area contributed by atoms with Gasteiger partial charge in [0.1, 0.15) is 0 Å². The van der Waals surface area contributed by atoms with Crippen LogP contribution in [0, 0.1) is 21.7 Å². The van der Waals surface area contributed by atoms with Gasteiger partial charge in [-0.3, -0.25) is 0 Å². The van der Waals surface area contributed by atoms with Gasteiger partial charge in [-0.15, -0.1) is 0 Å². The molecule has 0 aliphatic carbocycles. The van der Waals surface area contributed by atoms with Crippen LogP contribution < -0.4 is 0 Å². The summed E-state index contributed by atoms with van der Waals surface area (Å²) in [5.74, 6) is 0. The summed E-state index contributed by atoms with van der Waals surface area (Å²) in [4.78, 5) is 0. The minimum Gasteiger partial charge on any atom is -0.396 e. The van der Waals surface area contributed by atoms with Crippen LogP contribution >= 0.6 is 0 Å². The van der Waals surface area contributed by atoms with Gasteiger partial charge in [0.15, 0.2) is 0 Å². The molecular weight excluding hydrogens is 220 g/mol. The number of rotatable bonds is 4. The Balaban J connectivity index is 5.20. The van der Waals surface area contributed by atoms with Crippen LogP contribution in [0.5, 0.6) is 0 Å². The monoisotopic (exact) mass is 256 g/mol. The van der Waals surface area contributed by atoms with Gasteiger partial charge in [-0.05, 0) is 40.9 Å². The van der Waals surface area contributed by atoms with E-state index in [2.05, 4.69) is 62.3 Å². The number of aliphatic hydroxyl groups excluding tert-OH is 1. The molecule has 0 fully saturated rings. The van der Waals surface area contributed by atoms with Crippen LogP contribution in [0.2, 0.25) is 0 Å². The van der Waals surface area contributed by atoms with Crippen LogP contribution in [0.25, 0.3) is 0 Å². The van der Waals surface area contributed by atoms with Gasteiger partial charge in [-0.1, -0.05) is 62.3 Å². The Morgan fingerprint density at radius 2 is 0.778 bits per heavy atom. The molecule has 0 aromatic heterocycles. The summed E-state index contributed by atoms with van der Waals surface area (Å²) >= 11 is 0. The van der Waals surface area contributed by atoms with Gasteiger partial charge in [0.05, 0.1) is 0 Å². The normalized spacial score (nSPS) is 15.0. The maximum absolute atomic E-state index is 10.1. The van der Waals surface area contributed by atoms with E-state index >= 15 is 0 Å². The van der Waals surface area contributed by atoms with Crippen LogP contribution in [0.4, 0.5) is 0 Å². The van der Waals surface area contributed by atoms with E-state index < -0.39 is 0 Å². The molecule has 0 aromatic rings. The van der Waals surface area contributed by atoms with E-state index in [0.717, 1.165) is 19.3 Å². The molecule has 0 unspecified atom stereocenters. The molecule has 0 spiro atoms. The SMILES string of the molecule is CC(C)(C)CC(CO)(CC(C)(C)C)CC(C)(C)C. The molecule has 0 aliphatic rings. The number of hydrogen-bond donors (Lipinski definition) is 1. The predicted octanol–water partition coefficient (Wildman–Crippen LogP) is 5.27. The highest BCUT2D eigenvalue weighted by atomic mass is 16.3. The van der Waals surface area contributed by atoms with Gasteiger partial charge in [0, 0.05) is 6.61 Å². The fourth-order valence-electron chi connectivity index (χ4n) is 3.73. The Morgan fingerprint density at radius 1 is 0.556 bits per heavy atom. The highest BCUT2D eigenvalue weighted by molar-refractivity contribution is 4.90. The lowest BCUT2D eigenvalue weighted by atomic mass is 9.61. The summed E-state index contributed by atoms with van der Waals surface area (Å²) in [7, 11) is 0. The third-order valence-electron chi connectivity index (χ3n) is 3.05. The Bertz CT molecular complexity index is 203. The molecule has 0 saturated carbocycles. The molecule has 0 bridgehead atoms. The van der Waals surface area contributed by atoms with E-state index in [1.807, 2.05) is 0 Å². The van der Waals surface area contributed by atoms with Crippen LogP contribution in [0.3, 0.4) is 0 Å². The van der Waals surface area contributed by atoms with Crippen molar-refractivity contribution in [2.75, 3.05) is 6.61 Å². The summed E-state index contributed by atoms with van der Waals surface area (Å²) in [6.45, 7) is 20.8. The molecule has 0 rings (SSSR count). The molecule has 1 N–H and O–H groups in total. The molecule has 0 radical (unpaired) electrons. The lowest BCUT2D eigenvalue weighted by molar-refractivity contribution is 0.00416. The number of aliphatic hydroxyl groups is 1. The second kappa shape index (κ2) is 5.53. The molecule has 0 aromatic carbocycles. The minimum atomic E-state index is 0.0503. The average Bonchev–Trinajstić information content (AvgIpc) is 1.93. The van der Waals surface area contributed by atoms with Gasteiger partial charge < -0.3 is 5.11 Å². The molecule has 110 valence electrons. The highest BCUT2D eigenvalue weighted by Crippen LogP contribution is 2.48. The lowest BCUT2D eigenvalue weighted by Crippen LogP contribution is -2.38. The molecule has 0 aliphatic heterocycles. The molecule has 0 heterocycles. The minimum absolute atomic E-state index is 0.0503. The first-order chi connectivity index (χ1) is 7.68. The molecule has 1 nitrogen and oxygen atoms in total. The molecule has 0 atom stereocenters. The summed E-state index contributed by atoms with van der Waals surface area (Å²) in [6, 6.07) is 0. The standard InChI is InChI=1S/C17H36O/c1-14(2,3)10-17(13-18,11-15(4,5)6)12-16(7,8)9/h18H,10-13H2,1-9H3. The maximum Gasteiger partial charge on any atom is 0.0488 e. The first kappa shape index (κ1) is 18.0. The predicted molar refractivity (Wildman–Crippen MR) is 81.7 cm³/mol. The van der Waals surface area contributed by atoms with Crippen molar-refractivity contribution in [2.24, 2.45) is 21.7 Å². The summed E-state index contributed by atoms with van der Waals surface area (Å²) < 4.78 is 0. The summed E-state index contributed by atoms with van der Waals surface area (Å²) in [5, 5.41) is 10.1. The first-order valence-electron chi connectivity index (χ1n) is 7.29. The van der Waals surface area contributed by atoms with E-state index in [-0.39, 0.29) is 21.7 Å². The van der Waals surface area contributed by atoms with Crippen molar-refractivity contribution in [1.82, 2.24) is 0 Å². The Morgan fingerprint density at radius 3 is 0.889 bits per heavy atom. The molecule has 1 heteroatoms. The van der Waals surface area contributed by atoms with Gasteiger partial charge >= 0.3 is 0 Å². The zero-order valence-corrected chi connectivity index (χ0v) is 14.3. The van der Waals surface area contributed by atoms with Crippen molar-refractivity contribution in [3.05, 3.63) is 0 Å². The summed E-state index contributed by atoms with van der Waals surface area (Å²) in [6.07, 6.45) is 3.26. The zero-order chi connectivity index (χ0) is 14.8. The Labute approximate surface area is 115 Å². The lowest BCUT2D eigenvalue weighted by Gasteiger charge is -2.45. The second-order valence-electron chi connectivity index (χ2n) is 9.87. The van der Waals surface area contributed by atoms with Crippen LogP contribution in [-0.2, 0) is 0 Å². The van der Waals surface area contributed by atoms with Crippen molar-refractivity contribution in [3.8, 4) is 0 Å². The van der Waals surface area contributed by atoms with Gasteiger partial charge in [-0.2, -0.15) is 0 Å². The van der Waals surface area contributed by atoms with Crippen molar-refractivity contribution in [2.45, 2.75) is 81.6 Å². The van der Waals surface area contributed by atoms with Gasteiger partial charge in [0.25, 0.3) is 0 Å². The number of hydrogen-bond acceptors (Lipinski definition) is 1. The highest BCUT2D eigenvalue weighted by Gasteiger charge is 2.40. The van der Waals surface area contributed by atoms with Crippen molar-refractivity contribution in [3.63, 3.8) is 0 Å². The van der Waals surface area contributed by atoms with Crippen molar-refractivity contribution >= 4 is 0 Å². The van der Waals surface area contributed by atoms with Crippen LogP contribution in [0.15, 0.2) is 0 Å². The van der Waals surface area contributed by atoms with E-state index in [0.29, 0.717) is 6.61 Å². The Hall–Kier alpha value is -0.0400. The smallest absolute Gasteiger partial charge is 0.0488 e. The Kier molecular flexibility index (Phi) is 5.51. The molecule has 18 heavy (non-hydrogen) atoms. The van der Waals surface area contributed by atoms with E-state index in [9.17, 15) is 5.11 Å². The van der Waals surface area contributed by atoms with Crippen LogP contribution in [-0.4, -0.2) is 11.7 Å². The third-order valence-corrected chi connectivity index (χ3v) is 3.05. The fraction of sp³-hybridized carbons (Fsp3) is 1.00. The third kappa shape index (κ3) is 8.13. The van der Waals surface area contributed by atoms with Crippen LogP contribution in [0.1, 0.15) is 81.6 Å². The average molecular weight is 256 g/mol. The molecule has 0 amide bonds. The van der Waals surface area contributed by atoms with Crippen molar-refractivity contribution < 1.29 is 5.11 Å². The first-order valence-corrected chi connectivity index (χ1v) is 7.29. The molecule has 0 saturated heterocycles. The fourth-order valence-corrected chi connectivity index (χ4v) is 3.73.